The maximum absolute atomic E-state index is 12.2. The third kappa shape index (κ3) is 4.33. The summed E-state index contributed by atoms with van der Waals surface area (Å²) in [6.07, 6.45) is 0. The van der Waals surface area contributed by atoms with Gasteiger partial charge in [0.2, 0.25) is 0 Å². The van der Waals surface area contributed by atoms with E-state index in [-0.39, 0.29) is 75.0 Å². The summed E-state index contributed by atoms with van der Waals surface area (Å²) in [4.78, 5) is 36.5. The zero-order valence-corrected chi connectivity index (χ0v) is 17.9. The summed E-state index contributed by atoms with van der Waals surface area (Å²) in [6, 6.07) is 7.93. The number of fused-ring (bicyclic) bond motifs is 1. The van der Waals surface area contributed by atoms with Gasteiger partial charge in [-0.2, -0.15) is 0 Å². The van der Waals surface area contributed by atoms with Gasteiger partial charge in [0.1, 0.15) is 17.2 Å². The van der Waals surface area contributed by atoms with Crippen LogP contribution < -0.4 is 66.5 Å². The van der Waals surface area contributed by atoms with Crippen molar-refractivity contribution in [1.82, 2.24) is 10.2 Å². The third-order valence-corrected chi connectivity index (χ3v) is 5.20. The molecule has 1 aromatic carbocycles. The number of ether oxygens (including phenoxy) is 1. The number of aliphatic hydroxyl groups is 1. The summed E-state index contributed by atoms with van der Waals surface area (Å²) < 4.78 is 5.31. The first kappa shape index (κ1) is 21.4. The van der Waals surface area contributed by atoms with Crippen molar-refractivity contribution in [2.24, 2.45) is 0 Å². The fourth-order valence-electron chi connectivity index (χ4n) is 2.67. The van der Waals surface area contributed by atoms with Crippen LogP contribution in [0.1, 0.15) is 0 Å². The topological polar surface area (TPSA) is 119 Å². The zero-order valence-electron chi connectivity index (χ0n) is 14.0. The molecule has 1 aromatic rings. The molecule has 0 radical (unpaired) electrons. The van der Waals surface area contributed by atoms with Crippen LogP contribution >= 0.6 is 11.8 Å². The minimum Gasteiger partial charge on any atom is -0.543 e. The summed E-state index contributed by atoms with van der Waals surface area (Å²) in [7, 11) is 0. The van der Waals surface area contributed by atoms with Crippen molar-refractivity contribution >= 4 is 29.5 Å². The van der Waals surface area contributed by atoms with Gasteiger partial charge in [-0.15, -0.1) is 11.8 Å². The first-order chi connectivity index (χ1) is 12.0. The summed E-state index contributed by atoms with van der Waals surface area (Å²) in [5.74, 6) is -1.76. The molecule has 2 atom stereocenters. The van der Waals surface area contributed by atoms with Gasteiger partial charge in [-0.25, -0.2) is 0 Å². The van der Waals surface area contributed by atoms with Crippen LogP contribution in [-0.4, -0.2) is 58.2 Å². The van der Waals surface area contributed by atoms with Crippen LogP contribution in [0.3, 0.4) is 0 Å². The van der Waals surface area contributed by atoms with E-state index >= 15 is 0 Å². The number of nitrogens with one attached hydrogen (secondary N) is 1. The fourth-order valence-corrected chi connectivity index (χ4v) is 4.01. The molecule has 3 rings (SSSR count). The maximum atomic E-state index is 12.2. The van der Waals surface area contributed by atoms with E-state index in [0.717, 1.165) is 4.90 Å². The molecule has 8 nitrogen and oxygen atoms in total. The Hall–Kier alpha value is -0.884. The van der Waals surface area contributed by atoms with Crippen LogP contribution in [0.15, 0.2) is 41.6 Å². The van der Waals surface area contributed by atoms with E-state index in [1.54, 1.807) is 24.3 Å². The Kier molecular flexibility index (Phi) is 7.71. The number of carbonyl (C=O) groups excluding carboxylic acids is 3. The molecule has 10 heteroatoms. The van der Waals surface area contributed by atoms with Gasteiger partial charge in [0.15, 0.2) is 6.61 Å². The van der Waals surface area contributed by atoms with Crippen molar-refractivity contribution in [2.45, 2.75) is 11.4 Å². The van der Waals surface area contributed by atoms with Crippen LogP contribution in [-0.2, 0) is 14.4 Å². The number of hydrogen-bond acceptors (Lipinski definition) is 7. The molecule has 0 bridgehead atoms. The predicted octanol–water partition coefficient (Wildman–Crippen LogP) is -4.53. The van der Waals surface area contributed by atoms with Crippen LogP contribution in [0.5, 0.6) is 5.75 Å². The molecule has 0 unspecified atom stereocenters. The minimum absolute atomic E-state index is 0. The Morgan fingerprint density at radius 3 is 2.65 bits per heavy atom. The number of carboxylic acid groups (broad SMARTS) is 1. The number of rotatable bonds is 6. The van der Waals surface area contributed by atoms with E-state index in [1.807, 2.05) is 6.07 Å². The van der Waals surface area contributed by atoms with Crippen molar-refractivity contribution < 1.29 is 80.7 Å². The number of carbonyl (C=O) groups is 3. The number of aliphatic hydroxyl groups excluding tert-OH is 1. The van der Waals surface area contributed by atoms with E-state index in [9.17, 15) is 24.6 Å². The largest absolute Gasteiger partial charge is 1.00 e. The van der Waals surface area contributed by atoms with Crippen molar-refractivity contribution in [3.8, 4) is 5.75 Å². The summed E-state index contributed by atoms with van der Waals surface area (Å²) in [6.45, 7) is -0.717. The van der Waals surface area contributed by atoms with Gasteiger partial charge < -0.3 is 25.1 Å². The molecule has 26 heavy (non-hydrogen) atoms. The van der Waals surface area contributed by atoms with E-state index in [2.05, 4.69) is 5.32 Å². The molecule has 0 spiro atoms. The number of carboxylic acids is 1. The molecule has 1 saturated heterocycles. The molecule has 2 N–H and O–H groups in total. The average Bonchev–Trinajstić information content (AvgIpc) is 2.63. The Bertz CT molecular complexity index is 742. The molecule has 2 aliphatic heterocycles. The van der Waals surface area contributed by atoms with E-state index in [0.29, 0.717) is 5.75 Å². The number of nitrogens with zero attached hydrogens (tertiary/aromatic N) is 1. The van der Waals surface area contributed by atoms with Gasteiger partial charge in [-0.1, -0.05) is 18.2 Å². The van der Waals surface area contributed by atoms with Gasteiger partial charge in [-0.05, 0) is 17.7 Å². The number of hydrogen-bond donors (Lipinski definition) is 2. The third-order valence-electron chi connectivity index (χ3n) is 3.86. The van der Waals surface area contributed by atoms with Crippen molar-refractivity contribution in [3.63, 3.8) is 0 Å². The maximum Gasteiger partial charge on any atom is 1.00 e. The van der Waals surface area contributed by atoms with Gasteiger partial charge >= 0.3 is 51.4 Å². The first-order valence-corrected chi connectivity index (χ1v) is 8.54. The smallest absolute Gasteiger partial charge is 0.543 e. The number of β-lactam (4-membered cyclic amide) rings is 1. The Morgan fingerprint density at radius 1 is 1.35 bits per heavy atom. The molecular weight excluding hydrogens is 387 g/mol. The Labute approximate surface area is 196 Å². The van der Waals surface area contributed by atoms with Crippen LogP contribution in [0.25, 0.3) is 0 Å². The molecular formula is C16H15KN2O6S. The molecule has 132 valence electrons. The van der Waals surface area contributed by atoms with Gasteiger partial charge in [-0.3, -0.25) is 14.5 Å². The van der Waals surface area contributed by atoms with E-state index in [1.165, 1.54) is 11.8 Å². The van der Waals surface area contributed by atoms with Gasteiger partial charge in [0, 0.05) is 5.75 Å². The summed E-state index contributed by atoms with van der Waals surface area (Å²) in [5.41, 5.74) is -0.0749. The van der Waals surface area contributed by atoms with Gasteiger partial charge in [0.25, 0.3) is 11.8 Å². The molecule has 0 saturated carbocycles. The number of para-hydroxylation sites is 1. The molecule has 2 amide bonds. The molecule has 1 fully saturated rings. The second-order valence-corrected chi connectivity index (χ2v) is 6.56. The zero-order chi connectivity index (χ0) is 18.0. The van der Waals surface area contributed by atoms with Crippen molar-refractivity contribution in [1.29, 1.82) is 0 Å². The minimum atomic E-state index is -1.51. The van der Waals surface area contributed by atoms with Crippen LogP contribution in [0.4, 0.5) is 0 Å². The molecule has 0 aliphatic carbocycles. The van der Waals surface area contributed by atoms with Crippen LogP contribution in [0, 0.1) is 0 Å². The molecule has 0 aromatic heterocycles. The van der Waals surface area contributed by atoms with Crippen molar-refractivity contribution in [2.75, 3.05) is 19.0 Å². The SMILES string of the molecule is O=C(COc1ccccc1)N[C@H]1C(=O)N2C(C(=O)[O-])=C(CO)CS[C@@H]12.[K+]. The number of amides is 2. The number of benzene rings is 1. The number of thioether (sulfide) groups is 1. The number of aliphatic carboxylic acids is 1. The average molecular weight is 402 g/mol. The quantitative estimate of drug-likeness (QED) is 0.363. The summed E-state index contributed by atoms with van der Waals surface area (Å²) >= 11 is 1.28. The molecule has 2 heterocycles. The molecule has 2 aliphatic rings. The predicted molar refractivity (Wildman–Crippen MR) is 86.1 cm³/mol. The summed E-state index contributed by atoms with van der Waals surface area (Å²) in [5, 5.41) is 22.5. The standard InChI is InChI=1S/C16H16N2O6S.K/c19-6-9-8-25-15-12(14(21)18(15)13(9)16(22)23)17-11(20)7-24-10-4-2-1-3-5-10;/h1-5,12,15,19H,6-8H2,(H,17,20)(H,22,23);/q;+1/p-1/t12-,15-;/m0./s1. The fraction of sp³-hybridized carbons (Fsp3) is 0.312. The van der Waals surface area contributed by atoms with E-state index in [4.69, 9.17) is 4.74 Å². The second kappa shape index (κ2) is 9.35. The van der Waals surface area contributed by atoms with Crippen molar-refractivity contribution in [3.05, 3.63) is 41.6 Å². The normalized spacial score (nSPS) is 21.3. The first-order valence-electron chi connectivity index (χ1n) is 7.49. The Balaban J connectivity index is 0.00000243. The monoisotopic (exact) mass is 402 g/mol. The van der Waals surface area contributed by atoms with Gasteiger partial charge in [0.05, 0.1) is 18.3 Å². The van der Waals surface area contributed by atoms with Crippen LogP contribution in [0.2, 0.25) is 0 Å². The Morgan fingerprint density at radius 2 is 2.04 bits per heavy atom. The second-order valence-electron chi connectivity index (χ2n) is 5.45. The van der Waals surface area contributed by atoms with E-state index < -0.39 is 35.8 Å².